The molecule has 798 valence electrons. The lowest BCUT2D eigenvalue weighted by Gasteiger charge is -2.29. The van der Waals surface area contributed by atoms with Gasteiger partial charge in [-0.15, -0.1) is 0 Å². The number of rotatable bonds is 52. The number of hydrogen-bond acceptors (Lipinski definition) is 51. The molecule has 0 aromatic carbocycles. The molecule has 144 heavy (non-hydrogen) atoms. The van der Waals surface area contributed by atoms with Crippen molar-refractivity contribution in [1.82, 2.24) is 77.2 Å². The summed E-state index contributed by atoms with van der Waals surface area (Å²) in [5, 5.41) is 11.8. The Bertz CT molecular complexity index is 6440. The Morgan fingerprint density at radius 3 is 1.31 bits per heavy atom. The molecule has 6 fully saturated rings. The predicted octanol–water partition coefficient (Wildman–Crippen LogP) is 0.144. The number of thiol groups is 3. The van der Waals surface area contributed by atoms with Gasteiger partial charge in [-0.25, -0.2) is 61.9 Å². The van der Waals surface area contributed by atoms with Crippen molar-refractivity contribution in [3.63, 3.8) is 0 Å². The fraction of sp³-hybridized carbons (Fsp3) is 0.653. The monoisotopic (exact) mass is 2200 g/mol. The van der Waals surface area contributed by atoms with E-state index in [0.717, 1.165) is 37.1 Å². The van der Waals surface area contributed by atoms with Gasteiger partial charge in [0.15, 0.2) is 53.8 Å². The zero-order valence-electron chi connectivity index (χ0n) is 78.1. The summed E-state index contributed by atoms with van der Waals surface area (Å²) in [6.07, 6.45) is -28.9. The minimum Gasteiger partial charge on any atom is -0.387 e. The molecule has 61 nitrogen and oxygen atoms in total. The van der Waals surface area contributed by atoms with E-state index in [1.54, 1.807) is 13.8 Å². The Balaban J connectivity index is 0.758. The van der Waals surface area contributed by atoms with Gasteiger partial charge in [-0.1, -0.05) is 43.7 Å². The van der Waals surface area contributed by atoms with E-state index < -0.39 is 263 Å². The lowest BCUT2D eigenvalue weighted by molar-refractivity contribution is -0.0839. The second-order valence-electron chi connectivity index (χ2n) is 32.9. The maximum absolute atomic E-state index is 15.6. The van der Waals surface area contributed by atoms with E-state index >= 15 is 13.7 Å². The number of phosphoric acid groups is 2. The molecule has 8 aromatic heterocycles. The van der Waals surface area contributed by atoms with Crippen molar-refractivity contribution in [1.29, 1.82) is 0 Å². The summed E-state index contributed by atoms with van der Waals surface area (Å²) in [7, 11) is -5.10. The van der Waals surface area contributed by atoms with Crippen LogP contribution < -0.4 is 62.5 Å². The maximum atomic E-state index is 15.6. The first-order chi connectivity index (χ1) is 68.5. The van der Waals surface area contributed by atoms with Crippen LogP contribution in [0.15, 0.2) is 78.6 Å². The van der Waals surface area contributed by atoms with Crippen LogP contribution in [0.1, 0.15) is 73.8 Å². The summed E-state index contributed by atoms with van der Waals surface area (Å²) < 4.78 is 238. The van der Waals surface area contributed by atoms with Crippen LogP contribution in [0.5, 0.6) is 0 Å². The topological polar surface area (TPSA) is 783 Å². The Morgan fingerprint density at radius 1 is 0.417 bits per heavy atom. The summed E-state index contributed by atoms with van der Waals surface area (Å²) >= 11 is 13.1. The third-order valence-corrected chi connectivity index (χ3v) is 30.0. The van der Waals surface area contributed by atoms with Gasteiger partial charge in [-0.2, -0.15) is 19.9 Å². The van der Waals surface area contributed by atoms with Gasteiger partial charge in [0.25, 0.3) is 11.1 Å². The molecule has 0 bridgehead atoms. The number of aliphatic hydroxyl groups excluding tert-OH is 1. The number of aliphatic hydroxyl groups is 1. The molecule has 8 aromatic rings. The zero-order valence-corrected chi connectivity index (χ0v) is 85.2. The maximum Gasteiger partial charge on any atom is 0.472 e. The Morgan fingerprint density at radius 2 is 0.819 bits per heavy atom. The fourth-order valence-electron chi connectivity index (χ4n) is 16.3. The third-order valence-electron chi connectivity index (χ3n) is 23.2. The van der Waals surface area contributed by atoms with Crippen molar-refractivity contribution in [2.75, 3.05) is 163 Å². The van der Waals surface area contributed by atoms with E-state index in [-0.39, 0.29) is 122 Å². The molecule has 69 heteroatoms. The van der Waals surface area contributed by atoms with Crippen LogP contribution in [0.25, 0.3) is 22.3 Å². The zero-order chi connectivity index (χ0) is 104. The Hall–Kier alpha value is -7.74. The summed E-state index contributed by atoms with van der Waals surface area (Å²) in [4.78, 5) is 142. The van der Waals surface area contributed by atoms with Gasteiger partial charge >= 0.3 is 58.8 Å². The fourth-order valence-corrected chi connectivity index (χ4v) is 22.7. The van der Waals surface area contributed by atoms with Crippen molar-refractivity contribution in [3.05, 3.63) is 129 Å². The van der Waals surface area contributed by atoms with Crippen molar-refractivity contribution in [2.45, 2.75) is 182 Å². The number of nitrogens with two attached hydrogens (primary N) is 5. The molecule has 15 N–H and O–H groups in total. The lowest BCUT2D eigenvalue weighted by Crippen LogP contribution is -2.41. The normalized spacial score (nSPS) is 29.3. The number of nitrogens with zero attached hydrogens (tertiary/aromatic N) is 14. The van der Waals surface area contributed by atoms with Crippen LogP contribution in [-0.2, 0) is 144 Å². The van der Waals surface area contributed by atoms with Crippen LogP contribution in [0.2, 0.25) is 0 Å². The number of ether oxygens (including phenoxy) is 16. The number of aryl methyl sites for hydroxylation is 3. The average Bonchev–Trinajstić information content (AvgIpc) is 1.62. The first kappa shape index (κ1) is 112. The molecule has 0 radical (unpaired) electrons. The standard InChI is InChI=1S/C75H110N21O40P5S3/c1-10-38-39(23-46(126-38)92-24-35(2)59(77)86-73(92)101)132-139(108,142)124-30-43-51(55(117-19-14-112-6)69(131-43)95-33-83-47-61(79)81-32-82-62(47)95)134-137(104,105)121-28-41-50(56(118-20-15-113-7)70(130-41)96-34-84-48-63(96)88-71(80)89-65(48)99)133-138(106,107)122-29-42-52(58(120-22-17-115-9)68(129-42)93-25-36(3)60(78)87-74(93)102)135-141(110,144)125-31-44-53(57(119-21-16-114-8)67(128-44)91-12-11-45(76)85-72(91)100)136-140(109,143)123-27-40-49(97)54(116-18-13-111-5)66(127-40)94-26-37(4)64(98)90-75(94)103/h11-12,24-26,32-34,38-44,46,49-58,66-70,97H,10,13-23,27-31H2,1-9H3,(H,104,105)(H,106,107)(H,108,142)(H,109,143)(H,110,144)(H2,76,85,100)(H2,77,86,101)(H2,78,87,102)(H2,79,81,82)(H,90,98,103)(H3,80,88,89,99)/t38-,39-,40-,41-,42-,43-,44-,46-,49+,50+,51+,52+,53+,54?,55?,56?,57?,58?,66-,67-,68-,69-,70-,139?,140?,141?/m1/s1. The van der Waals surface area contributed by atoms with Crippen LogP contribution in [0, 0.1) is 20.8 Å². The molecular formula is C75H110N21O40P5S3. The molecule has 14 rings (SSSR count). The summed E-state index contributed by atoms with van der Waals surface area (Å²) in [5.74, 6) is -1.00. The molecule has 28 atom stereocenters. The highest BCUT2D eigenvalue weighted by molar-refractivity contribution is 8.45. The number of phosphoric ester groups is 2. The first-order valence-corrected chi connectivity index (χ1v) is 55.0. The van der Waals surface area contributed by atoms with Crippen LogP contribution >= 0.6 is 72.8 Å². The van der Waals surface area contributed by atoms with Crippen molar-refractivity contribution >= 4 is 124 Å². The van der Waals surface area contributed by atoms with Gasteiger partial charge in [0.2, 0.25) is 5.95 Å². The molecule has 0 saturated carbocycles. The third kappa shape index (κ3) is 26.6. The number of aromatic amines is 2. The minimum atomic E-state index is -5.96. The number of aromatic nitrogens is 16. The largest absolute Gasteiger partial charge is 0.472 e. The van der Waals surface area contributed by atoms with E-state index in [2.05, 4.69) is 86.6 Å². The number of imidazole rings is 2. The Kier molecular flexibility index (Phi) is 37.7. The Labute approximate surface area is 830 Å². The summed E-state index contributed by atoms with van der Waals surface area (Å²) in [6.45, 7) is -16.0. The smallest absolute Gasteiger partial charge is 0.387 e. The molecule has 14 heterocycles. The highest BCUT2D eigenvalue weighted by Gasteiger charge is 2.59. The van der Waals surface area contributed by atoms with E-state index in [9.17, 15) is 52.8 Å². The number of hydrogen-bond donors (Lipinski definition) is 13. The van der Waals surface area contributed by atoms with Crippen LogP contribution in [0.3, 0.4) is 0 Å². The molecule has 10 unspecified atom stereocenters. The number of fused-ring (bicyclic) bond motifs is 2. The van der Waals surface area contributed by atoms with Gasteiger partial charge in [-0.3, -0.25) is 92.2 Å². The molecule has 6 aliphatic heterocycles. The van der Waals surface area contributed by atoms with Gasteiger partial charge in [0, 0.05) is 83.4 Å². The number of nitrogens with one attached hydrogen (secondary N) is 2. The number of anilines is 5. The van der Waals surface area contributed by atoms with Gasteiger partial charge in [0.1, 0.15) is 127 Å². The van der Waals surface area contributed by atoms with Crippen LogP contribution in [0.4, 0.5) is 29.2 Å². The second-order valence-corrected chi connectivity index (χ2v) is 44.3. The van der Waals surface area contributed by atoms with Crippen molar-refractivity contribution in [2.24, 2.45) is 0 Å². The second kappa shape index (κ2) is 48.5. The van der Waals surface area contributed by atoms with Gasteiger partial charge in [-0.05, 0) is 33.3 Å². The van der Waals surface area contributed by atoms with Crippen molar-refractivity contribution in [3.8, 4) is 0 Å². The molecule has 0 aliphatic carbocycles. The van der Waals surface area contributed by atoms with Gasteiger partial charge < -0.3 is 119 Å². The average molecular weight is 2200 g/mol. The number of H-pyrrole nitrogens is 2. The van der Waals surface area contributed by atoms with Gasteiger partial charge in [0.05, 0.1) is 124 Å². The lowest BCUT2D eigenvalue weighted by atomic mass is 10.1. The van der Waals surface area contributed by atoms with E-state index in [0.29, 0.717) is 5.56 Å². The van der Waals surface area contributed by atoms with Crippen LogP contribution in [-0.4, -0.2) is 331 Å². The molecule has 6 aliphatic rings. The van der Waals surface area contributed by atoms with E-state index in [4.69, 9.17) is 150 Å². The highest BCUT2D eigenvalue weighted by atomic mass is 32.7. The summed E-state index contributed by atoms with van der Waals surface area (Å²) in [5.41, 5.74) is 25.1. The van der Waals surface area contributed by atoms with E-state index in [1.807, 2.05) is 0 Å². The molecule has 0 amide bonds. The van der Waals surface area contributed by atoms with Crippen molar-refractivity contribution < 1.29 is 159 Å². The molecule has 0 spiro atoms. The highest BCUT2D eigenvalue weighted by Crippen LogP contribution is 2.62. The molecule has 6 saturated heterocycles. The number of methoxy groups -OCH3 is 5. The SMILES string of the molecule is CC[C@H]1O[C@@H](n2cc(C)c(N)nc2=O)C[C@H]1OP(=O)(S)OC[C@H]1O[C@@H](n2cnc3c(N)ncnc32)C(OCCOC)[C@H]1OP(=O)(O)OC[C@H]1O[C@@H](n2cnc3c(=O)[nH]c(N)nc32)C(OCCOC)[C@H]1OP(=O)(O)OC[C@H]1O[C@@H](n2cc(C)c(N)nc2=O)C(OCCOC)[C@H]1OP(=O)(S)OC[C@H]1O[C@@H](n2ccc(N)nc2=O)C(OCCOC)[C@H]1OP(=O)(S)OC[C@H]1O[C@@H](n2cc(C)c(=O)[nH]c2=O)C(OCCOC)[C@H]1O. The minimum absolute atomic E-state index is 0.00739. The predicted molar refractivity (Wildman–Crippen MR) is 503 cm³/mol. The number of nitrogen functional groups attached to an aromatic ring is 5. The molecular weight excluding hydrogens is 2090 g/mol. The quantitative estimate of drug-likeness (QED) is 0.0137. The van der Waals surface area contributed by atoms with E-state index in [1.165, 1.54) is 89.5 Å². The summed E-state index contributed by atoms with van der Waals surface area (Å²) in [6, 6.07) is 1.22. The first-order valence-electron chi connectivity index (χ1n) is 43.9.